The summed E-state index contributed by atoms with van der Waals surface area (Å²) < 4.78 is 0.862. The molecule has 1 fully saturated rings. The van der Waals surface area contributed by atoms with Crippen LogP contribution in [0.1, 0.15) is 12.0 Å². The second kappa shape index (κ2) is 5.60. The molecule has 0 spiro atoms. The number of benzene rings is 1. The molecule has 1 atom stereocenters. The van der Waals surface area contributed by atoms with Crippen LogP contribution in [-0.2, 0) is 0 Å². The Bertz CT molecular complexity index is 408. The van der Waals surface area contributed by atoms with Gasteiger partial charge in [-0.05, 0) is 51.9 Å². The van der Waals surface area contributed by atoms with E-state index in [1.54, 1.807) is 0 Å². The van der Waals surface area contributed by atoms with Gasteiger partial charge in [0.05, 0.1) is 11.3 Å². The molecule has 0 amide bonds. The summed E-state index contributed by atoms with van der Waals surface area (Å²) in [6.07, 6.45) is 1.29. The van der Waals surface area contributed by atoms with Gasteiger partial charge in [0.1, 0.15) is 6.07 Å². The van der Waals surface area contributed by atoms with E-state index < -0.39 is 0 Å². The van der Waals surface area contributed by atoms with E-state index in [0.717, 1.165) is 22.6 Å². The van der Waals surface area contributed by atoms with Gasteiger partial charge in [-0.1, -0.05) is 6.07 Å². The maximum atomic E-state index is 9.07. The highest BCUT2D eigenvalue weighted by molar-refractivity contribution is 9.10. The first-order valence-corrected chi connectivity index (χ1v) is 7.26. The molecule has 2 rings (SSSR count). The van der Waals surface area contributed by atoms with Gasteiger partial charge in [0, 0.05) is 11.0 Å². The van der Waals surface area contributed by atoms with Gasteiger partial charge in [-0.2, -0.15) is 17.0 Å². The first-order chi connectivity index (χ1) is 7.81. The molecule has 1 aliphatic heterocycles. The molecule has 1 saturated heterocycles. The number of nitriles is 1. The summed E-state index contributed by atoms with van der Waals surface area (Å²) in [6.45, 7) is 0.970. The van der Waals surface area contributed by atoms with Gasteiger partial charge in [-0.25, -0.2) is 0 Å². The largest absolute Gasteiger partial charge is 0.384 e. The summed E-state index contributed by atoms with van der Waals surface area (Å²) in [7, 11) is 0. The number of nitrogens with zero attached hydrogens (tertiary/aromatic N) is 1. The van der Waals surface area contributed by atoms with Gasteiger partial charge in [0.15, 0.2) is 0 Å². The summed E-state index contributed by atoms with van der Waals surface area (Å²) in [6, 6.07) is 8.04. The van der Waals surface area contributed by atoms with Crippen molar-refractivity contribution in [3.63, 3.8) is 0 Å². The van der Waals surface area contributed by atoms with E-state index in [-0.39, 0.29) is 0 Å². The molecular formula is C12H13BrN2S. The molecule has 1 unspecified atom stereocenters. The van der Waals surface area contributed by atoms with Crippen LogP contribution in [0.25, 0.3) is 0 Å². The minimum Gasteiger partial charge on any atom is -0.384 e. The summed E-state index contributed by atoms with van der Waals surface area (Å²) in [5, 5.41) is 12.4. The molecule has 1 heterocycles. The lowest BCUT2D eigenvalue weighted by molar-refractivity contribution is 0.632. The van der Waals surface area contributed by atoms with Crippen molar-refractivity contribution in [1.82, 2.24) is 0 Å². The topological polar surface area (TPSA) is 35.8 Å². The van der Waals surface area contributed by atoms with Gasteiger partial charge >= 0.3 is 0 Å². The second-order valence-electron chi connectivity index (χ2n) is 3.88. The fraction of sp³-hybridized carbons (Fsp3) is 0.417. The molecule has 0 saturated carbocycles. The number of hydrogen-bond donors (Lipinski definition) is 1. The number of anilines is 1. The monoisotopic (exact) mass is 296 g/mol. The van der Waals surface area contributed by atoms with Crippen molar-refractivity contribution in [2.75, 3.05) is 23.4 Å². The maximum absolute atomic E-state index is 9.07. The minimum atomic E-state index is 0.702. The van der Waals surface area contributed by atoms with Crippen molar-refractivity contribution in [1.29, 1.82) is 5.26 Å². The van der Waals surface area contributed by atoms with Crippen molar-refractivity contribution in [3.8, 4) is 6.07 Å². The predicted octanol–water partition coefficient (Wildman–Crippen LogP) is 3.49. The van der Waals surface area contributed by atoms with E-state index in [4.69, 9.17) is 5.26 Å². The normalized spacial score (nSPS) is 19.4. The van der Waals surface area contributed by atoms with Crippen LogP contribution in [-0.4, -0.2) is 18.1 Å². The van der Waals surface area contributed by atoms with Crippen molar-refractivity contribution < 1.29 is 0 Å². The number of hydrogen-bond acceptors (Lipinski definition) is 3. The Hall–Kier alpha value is -0.660. The highest BCUT2D eigenvalue weighted by Crippen LogP contribution is 2.26. The summed E-state index contributed by atoms with van der Waals surface area (Å²) in [5.41, 5.74) is 1.64. The highest BCUT2D eigenvalue weighted by Gasteiger charge is 2.15. The van der Waals surface area contributed by atoms with Crippen molar-refractivity contribution >= 4 is 33.4 Å². The van der Waals surface area contributed by atoms with E-state index in [1.165, 1.54) is 17.9 Å². The number of halogens is 1. The van der Waals surface area contributed by atoms with Crippen LogP contribution in [0, 0.1) is 17.2 Å². The zero-order valence-electron chi connectivity index (χ0n) is 8.87. The van der Waals surface area contributed by atoms with E-state index in [2.05, 4.69) is 27.3 Å². The fourth-order valence-electron chi connectivity index (χ4n) is 1.78. The standard InChI is InChI=1S/C12H13BrN2S/c13-11-2-1-3-12(10(11)6-14)15-7-9-4-5-16-8-9/h1-3,9,15H,4-5,7-8H2. The molecule has 4 heteroatoms. The zero-order valence-corrected chi connectivity index (χ0v) is 11.3. The van der Waals surface area contributed by atoms with Crippen molar-refractivity contribution in [2.24, 2.45) is 5.92 Å². The molecule has 0 aliphatic carbocycles. The number of thioether (sulfide) groups is 1. The van der Waals surface area contributed by atoms with Crippen LogP contribution in [0.15, 0.2) is 22.7 Å². The van der Waals surface area contributed by atoms with E-state index in [0.29, 0.717) is 5.56 Å². The third kappa shape index (κ3) is 2.72. The Morgan fingerprint density at radius 1 is 1.56 bits per heavy atom. The lowest BCUT2D eigenvalue weighted by atomic mass is 10.1. The second-order valence-corrected chi connectivity index (χ2v) is 5.89. The molecule has 84 valence electrons. The number of rotatable bonds is 3. The molecule has 2 nitrogen and oxygen atoms in total. The summed E-state index contributed by atoms with van der Waals surface area (Å²) in [5.74, 6) is 3.26. The first-order valence-electron chi connectivity index (χ1n) is 5.31. The summed E-state index contributed by atoms with van der Waals surface area (Å²) in [4.78, 5) is 0. The molecule has 0 radical (unpaired) electrons. The van der Waals surface area contributed by atoms with Crippen LogP contribution in [0.3, 0.4) is 0 Å². The SMILES string of the molecule is N#Cc1c(Br)cccc1NCC1CCSC1. The van der Waals surface area contributed by atoms with Crippen LogP contribution in [0.4, 0.5) is 5.69 Å². The van der Waals surface area contributed by atoms with Crippen LogP contribution in [0.2, 0.25) is 0 Å². The molecular weight excluding hydrogens is 284 g/mol. The van der Waals surface area contributed by atoms with Crippen LogP contribution in [0.5, 0.6) is 0 Å². The Kier molecular flexibility index (Phi) is 4.14. The Morgan fingerprint density at radius 2 is 2.44 bits per heavy atom. The zero-order chi connectivity index (χ0) is 11.4. The van der Waals surface area contributed by atoms with E-state index in [9.17, 15) is 0 Å². The Labute approximate surface area is 109 Å². The van der Waals surface area contributed by atoms with E-state index >= 15 is 0 Å². The lowest BCUT2D eigenvalue weighted by Crippen LogP contribution is -2.14. The Balaban J connectivity index is 2.03. The lowest BCUT2D eigenvalue weighted by Gasteiger charge is -2.12. The minimum absolute atomic E-state index is 0.702. The average Bonchev–Trinajstić information content (AvgIpc) is 2.79. The third-order valence-electron chi connectivity index (χ3n) is 2.73. The van der Waals surface area contributed by atoms with Crippen molar-refractivity contribution in [3.05, 3.63) is 28.2 Å². The molecule has 1 N–H and O–H groups in total. The van der Waals surface area contributed by atoms with Gasteiger partial charge in [0.25, 0.3) is 0 Å². The molecule has 1 aliphatic rings. The molecule has 0 bridgehead atoms. The van der Waals surface area contributed by atoms with E-state index in [1.807, 2.05) is 30.0 Å². The average molecular weight is 297 g/mol. The predicted molar refractivity (Wildman–Crippen MR) is 72.8 cm³/mol. The number of nitrogens with one attached hydrogen (secondary N) is 1. The van der Waals surface area contributed by atoms with Gasteiger partial charge in [-0.3, -0.25) is 0 Å². The maximum Gasteiger partial charge on any atom is 0.103 e. The van der Waals surface area contributed by atoms with Crippen molar-refractivity contribution in [2.45, 2.75) is 6.42 Å². The van der Waals surface area contributed by atoms with Gasteiger partial charge in [-0.15, -0.1) is 0 Å². The quantitative estimate of drug-likeness (QED) is 0.927. The molecule has 16 heavy (non-hydrogen) atoms. The first kappa shape index (κ1) is 11.8. The third-order valence-corrected chi connectivity index (χ3v) is 4.62. The smallest absolute Gasteiger partial charge is 0.103 e. The molecule has 0 aromatic heterocycles. The summed E-state index contributed by atoms with van der Waals surface area (Å²) >= 11 is 5.41. The van der Waals surface area contributed by atoms with Crippen LogP contribution >= 0.6 is 27.7 Å². The molecule has 1 aromatic carbocycles. The van der Waals surface area contributed by atoms with Gasteiger partial charge < -0.3 is 5.32 Å². The van der Waals surface area contributed by atoms with Gasteiger partial charge in [0.2, 0.25) is 0 Å². The van der Waals surface area contributed by atoms with Crippen LogP contribution < -0.4 is 5.32 Å². The molecule has 1 aromatic rings. The Morgan fingerprint density at radius 3 is 3.12 bits per heavy atom. The highest BCUT2D eigenvalue weighted by atomic mass is 79.9. The fourth-order valence-corrected chi connectivity index (χ4v) is 3.52.